The van der Waals surface area contributed by atoms with E-state index in [0.29, 0.717) is 23.2 Å². The molecule has 3 aromatic rings. The third kappa shape index (κ3) is 7.56. The molecule has 0 fully saturated rings. The predicted molar refractivity (Wildman–Crippen MR) is 123 cm³/mol. The number of nitrogens with one attached hydrogen (secondary N) is 1. The first kappa shape index (κ1) is 24.1. The third-order valence-corrected chi connectivity index (χ3v) is 3.99. The van der Waals surface area contributed by atoms with E-state index in [2.05, 4.69) is 10.3 Å². The van der Waals surface area contributed by atoms with Crippen molar-refractivity contribution < 1.29 is 24.2 Å². The SMILES string of the molecule is CC(C)(C)OC(=O)Nc1ccc(-c2ccncc2)cc1N.O=Cc1ccc(C(=O)O)cc1. The summed E-state index contributed by atoms with van der Waals surface area (Å²) >= 11 is 0. The minimum Gasteiger partial charge on any atom is -0.478 e. The van der Waals surface area contributed by atoms with Crippen LogP contribution in [0, 0.1) is 0 Å². The molecule has 0 radical (unpaired) electrons. The van der Waals surface area contributed by atoms with Crippen molar-refractivity contribution >= 4 is 29.7 Å². The first-order chi connectivity index (χ1) is 15.1. The number of aromatic nitrogens is 1. The quantitative estimate of drug-likeness (QED) is 0.393. The Hall–Kier alpha value is -4.20. The minimum atomic E-state index is -0.984. The van der Waals surface area contributed by atoms with Crippen LogP contribution >= 0.6 is 0 Å². The fraction of sp³-hybridized carbons (Fsp3) is 0.167. The third-order valence-electron chi connectivity index (χ3n) is 3.99. The molecule has 0 atom stereocenters. The summed E-state index contributed by atoms with van der Waals surface area (Å²) in [5.74, 6) is -0.984. The molecule has 4 N–H and O–H groups in total. The normalized spacial score (nSPS) is 10.3. The van der Waals surface area contributed by atoms with E-state index in [9.17, 15) is 14.4 Å². The predicted octanol–water partition coefficient (Wildman–Crippen LogP) is 4.88. The van der Waals surface area contributed by atoms with Crippen LogP contribution in [0.1, 0.15) is 41.5 Å². The van der Waals surface area contributed by atoms with Crippen LogP contribution in [0.15, 0.2) is 67.0 Å². The number of carbonyl (C=O) groups excluding carboxylic acids is 2. The zero-order valence-electron chi connectivity index (χ0n) is 18.0. The summed E-state index contributed by atoms with van der Waals surface area (Å²) in [6.45, 7) is 5.42. The lowest BCUT2D eigenvalue weighted by atomic mass is 10.1. The average molecular weight is 435 g/mol. The fourth-order valence-corrected chi connectivity index (χ4v) is 2.52. The molecular weight excluding hydrogens is 410 g/mol. The monoisotopic (exact) mass is 435 g/mol. The number of benzene rings is 2. The van der Waals surface area contributed by atoms with Crippen molar-refractivity contribution in [2.45, 2.75) is 26.4 Å². The molecule has 3 rings (SSSR count). The molecule has 32 heavy (non-hydrogen) atoms. The van der Waals surface area contributed by atoms with Gasteiger partial charge in [0.25, 0.3) is 0 Å². The number of hydrogen-bond donors (Lipinski definition) is 3. The van der Waals surface area contributed by atoms with E-state index in [1.54, 1.807) is 18.5 Å². The van der Waals surface area contributed by atoms with E-state index in [1.807, 2.05) is 45.0 Å². The van der Waals surface area contributed by atoms with E-state index < -0.39 is 17.7 Å². The molecule has 8 heteroatoms. The van der Waals surface area contributed by atoms with E-state index in [-0.39, 0.29) is 5.56 Å². The van der Waals surface area contributed by atoms with Crippen molar-refractivity contribution in [1.29, 1.82) is 0 Å². The lowest BCUT2D eigenvalue weighted by molar-refractivity contribution is 0.0634. The number of aromatic carboxylic acids is 1. The summed E-state index contributed by atoms with van der Waals surface area (Å²) in [6, 6.07) is 15.0. The van der Waals surface area contributed by atoms with Gasteiger partial charge < -0.3 is 15.6 Å². The number of carboxylic acid groups (broad SMARTS) is 1. The molecule has 0 bridgehead atoms. The van der Waals surface area contributed by atoms with Gasteiger partial charge in [-0.3, -0.25) is 15.1 Å². The van der Waals surface area contributed by atoms with Crippen molar-refractivity contribution in [1.82, 2.24) is 4.98 Å². The Morgan fingerprint density at radius 3 is 2.12 bits per heavy atom. The van der Waals surface area contributed by atoms with Crippen molar-refractivity contribution in [3.8, 4) is 11.1 Å². The van der Waals surface area contributed by atoms with Crippen LogP contribution < -0.4 is 11.1 Å². The number of nitrogens with zero attached hydrogens (tertiary/aromatic N) is 1. The number of pyridine rings is 1. The number of carbonyl (C=O) groups is 3. The highest BCUT2D eigenvalue weighted by molar-refractivity contribution is 5.90. The largest absolute Gasteiger partial charge is 0.478 e. The molecule has 0 aliphatic heterocycles. The second-order valence-electron chi connectivity index (χ2n) is 7.71. The van der Waals surface area contributed by atoms with Gasteiger partial charge in [-0.1, -0.05) is 18.2 Å². The van der Waals surface area contributed by atoms with Crippen LogP contribution in [0.4, 0.5) is 16.2 Å². The number of nitrogens with two attached hydrogens (primary N) is 1. The molecule has 166 valence electrons. The molecule has 1 aromatic heterocycles. The number of hydrogen-bond acceptors (Lipinski definition) is 6. The minimum absolute atomic E-state index is 0.190. The highest BCUT2D eigenvalue weighted by atomic mass is 16.6. The molecule has 1 heterocycles. The highest BCUT2D eigenvalue weighted by Gasteiger charge is 2.17. The molecule has 1 amide bonds. The zero-order valence-corrected chi connectivity index (χ0v) is 18.0. The smallest absolute Gasteiger partial charge is 0.412 e. The number of rotatable bonds is 4. The number of amides is 1. The number of aldehydes is 1. The van der Waals surface area contributed by atoms with E-state index in [4.69, 9.17) is 15.6 Å². The summed E-state index contributed by atoms with van der Waals surface area (Å²) in [7, 11) is 0. The highest BCUT2D eigenvalue weighted by Crippen LogP contribution is 2.27. The number of nitrogen functional groups attached to an aromatic ring is 1. The molecule has 2 aromatic carbocycles. The Labute approximate surface area is 186 Å². The van der Waals surface area contributed by atoms with Crippen LogP contribution in [-0.2, 0) is 4.74 Å². The van der Waals surface area contributed by atoms with Gasteiger partial charge in [0.1, 0.15) is 11.9 Å². The Kier molecular flexibility index (Phi) is 8.06. The lowest BCUT2D eigenvalue weighted by Gasteiger charge is -2.20. The van der Waals surface area contributed by atoms with Crippen LogP contribution in [0.5, 0.6) is 0 Å². The number of anilines is 2. The van der Waals surface area contributed by atoms with Crippen LogP contribution in [-0.4, -0.2) is 34.0 Å². The van der Waals surface area contributed by atoms with Gasteiger partial charge in [-0.05, 0) is 68.3 Å². The number of ether oxygens (including phenoxy) is 1. The summed E-state index contributed by atoms with van der Waals surface area (Å²) in [5, 5.41) is 11.1. The van der Waals surface area contributed by atoms with Gasteiger partial charge in [-0.15, -0.1) is 0 Å². The summed E-state index contributed by atoms with van der Waals surface area (Å²) in [5.41, 5.74) is 9.10. The van der Waals surface area contributed by atoms with Gasteiger partial charge >= 0.3 is 12.1 Å². The molecule has 0 aliphatic rings. The van der Waals surface area contributed by atoms with Crippen LogP contribution in [0.2, 0.25) is 0 Å². The maximum atomic E-state index is 11.7. The maximum absolute atomic E-state index is 11.7. The maximum Gasteiger partial charge on any atom is 0.412 e. The van der Waals surface area contributed by atoms with Crippen LogP contribution in [0.3, 0.4) is 0 Å². The molecule has 0 spiro atoms. The van der Waals surface area contributed by atoms with Crippen molar-refractivity contribution in [3.05, 3.63) is 78.1 Å². The van der Waals surface area contributed by atoms with Gasteiger partial charge in [0.15, 0.2) is 0 Å². The zero-order chi connectivity index (χ0) is 23.7. The first-order valence-corrected chi connectivity index (χ1v) is 9.67. The Bertz CT molecular complexity index is 1080. The first-order valence-electron chi connectivity index (χ1n) is 9.67. The van der Waals surface area contributed by atoms with Gasteiger partial charge in [0.2, 0.25) is 0 Å². The molecule has 0 unspecified atom stereocenters. The Balaban J connectivity index is 0.000000278. The van der Waals surface area contributed by atoms with E-state index >= 15 is 0 Å². The summed E-state index contributed by atoms with van der Waals surface area (Å²) < 4.78 is 5.20. The molecule has 0 aliphatic carbocycles. The van der Waals surface area contributed by atoms with Crippen molar-refractivity contribution in [3.63, 3.8) is 0 Å². The molecule has 8 nitrogen and oxygen atoms in total. The molecular formula is C24H25N3O5. The van der Waals surface area contributed by atoms with Gasteiger partial charge in [0.05, 0.1) is 16.9 Å². The second kappa shape index (κ2) is 10.7. The average Bonchev–Trinajstić information content (AvgIpc) is 2.75. The Morgan fingerprint density at radius 2 is 1.62 bits per heavy atom. The van der Waals surface area contributed by atoms with Gasteiger partial charge in [0, 0.05) is 18.0 Å². The molecule has 0 saturated carbocycles. The van der Waals surface area contributed by atoms with Gasteiger partial charge in [-0.2, -0.15) is 0 Å². The van der Waals surface area contributed by atoms with E-state index in [0.717, 1.165) is 11.1 Å². The van der Waals surface area contributed by atoms with Crippen molar-refractivity contribution in [2.75, 3.05) is 11.1 Å². The molecule has 0 saturated heterocycles. The second-order valence-corrected chi connectivity index (χ2v) is 7.71. The standard InChI is InChI=1S/C16H19N3O2.C8H6O3/c1-16(2,3)21-15(20)19-14-5-4-12(10-13(14)17)11-6-8-18-9-7-11;9-5-6-1-3-7(4-2-6)8(10)11/h4-10H,17H2,1-3H3,(H,19,20);1-5H,(H,10,11). The summed E-state index contributed by atoms with van der Waals surface area (Å²) in [6.07, 6.45) is 3.59. The Morgan fingerprint density at radius 1 is 1.00 bits per heavy atom. The number of carboxylic acids is 1. The van der Waals surface area contributed by atoms with Crippen LogP contribution in [0.25, 0.3) is 11.1 Å². The van der Waals surface area contributed by atoms with Gasteiger partial charge in [-0.25, -0.2) is 9.59 Å². The van der Waals surface area contributed by atoms with Crippen molar-refractivity contribution in [2.24, 2.45) is 0 Å². The topological polar surface area (TPSA) is 132 Å². The fourth-order valence-electron chi connectivity index (χ4n) is 2.52. The van der Waals surface area contributed by atoms with E-state index in [1.165, 1.54) is 24.3 Å². The summed E-state index contributed by atoms with van der Waals surface area (Å²) in [4.78, 5) is 36.2. The lowest BCUT2D eigenvalue weighted by Crippen LogP contribution is -2.27.